The SMILES string of the molecule is O=C(Cc1ccccc1)Nc1nnc(CC[S+]([O-])CCC(=O)Nc2nnc(Cc3ccccc3)s2)s1. The molecule has 0 radical (unpaired) electrons. The van der Waals surface area contributed by atoms with Crippen molar-refractivity contribution in [2.75, 3.05) is 22.1 Å². The van der Waals surface area contributed by atoms with Gasteiger partial charge in [0.25, 0.3) is 0 Å². The lowest BCUT2D eigenvalue weighted by Gasteiger charge is -2.09. The lowest BCUT2D eigenvalue weighted by Crippen LogP contribution is -2.19. The highest BCUT2D eigenvalue weighted by Crippen LogP contribution is 2.19. The van der Waals surface area contributed by atoms with Crippen molar-refractivity contribution in [3.05, 3.63) is 81.8 Å². The molecule has 0 aliphatic rings. The molecule has 0 fully saturated rings. The number of nitrogens with zero attached hydrogens (tertiary/aromatic N) is 4. The van der Waals surface area contributed by atoms with E-state index in [2.05, 4.69) is 31.0 Å². The molecule has 12 heteroatoms. The van der Waals surface area contributed by atoms with E-state index in [0.29, 0.717) is 33.9 Å². The van der Waals surface area contributed by atoms with Crippen molar-refractivity contribution in [2.45, 2.75) is 25.7 Å². The summed E-state index contributed by atoms with van der Waals surface area (Å²) < 4.78 is 12.4. The zero-order valence-corrected chi connectivity index (χ0v) is 21.7. The summed E-state index contributed by atoms with van der Waals surface area (Å²) in [6.45, 7) is 0. The molecule has 0 aliphatic heterocycles. The van der Waals surface area contributed by atoms with E-state index in [1.807, 2.05) is 60.7 Å². The number of carbonyl (C=O) groups excluding carboxylic acids is 2. The predicted octanol–water partition coefficient (Wildman–Crippen LogP) is 3.48. The Hall–Kier alpha value is -3.19. The molecule has 2 aromatic heterocycles. The molecule has 2 aromatic carbocycles. The quantitative estimate of drug-likeness (QED) is 0.263. The fraction of sp³-hybridized carbons (Fsp3) is 0.250. The van der Waals surface area contributed by atoms with Gasteiger partial charge in [0.1, 0.15) is 21.5 Å². The van der Waals surface area contributed by atoms with Crippen LogP contribution in [0.2, 0.25) is 0 Å². The van der Waals surface area contributed by atoms with Crippen molar-refractivity contribution in [3.8, 4) is 0 Å². The highest BCUT2D eigenvalue weighted by atomic mass is 32.2. The molecule has 0 saturated heterocycles. The Morgan fingerprint density at radius 1 is 0.750 bits per heavy atom. The Labute approximate surface area is 219 Å². The molecular formula is C24H24N6O3S3. The van der Waals surface area contributed by atoms with Gasteiger partial charge in [-0.25, -0.2) is 0 Å². The number of anilines is 2. The van der Waals surface area contributed by atoms with Crippen molar-refractivity contribution >= 4 is 55.9 Å². The number of carbonyl (C=O) groups is 2. The second-order valence-electron chi connectivity index (χ2n) is 7.77. The van der Waals surface area contributed by atoms with E-state index in [1.165, 1.54) is 22.7 Å². The van der Waals surface area contributed by atoms with Crippen molar-refractivity contribution < 1.29 is 14.1 Å². The van der Waals surface area contributed by atoms with Crippen LogP contribution >= 0.6 is 22.7 Å². The highest BCUT2D eigenvalue weighted by molar-refractivity contribution is 7.91. The summed E-state index contributed by atoms with van der Waals surface area (Å²) in [7, 11) is 0. The topological polar surface area (TPSA) is 133 Å². The van der Waals surface area contributed by atoms with E-state index < -0.39 is 11.2 Å². The Bertz CT molecular complexity index is 1270. The van der Waals surface area contributed by atoms with Crippen LogP contribution in [0.15, 0.2) is 60.7 Å². The van der Waals surface area contributed by atoms with Crippen LogP contribution in [0.25, 0.3) is 0 Å². The van der Waals surface area contributed by atoms with Crippen molar-refractivity contribution in [1.29, 1.82) is 0 Å². The summed E-state index contributed by atoms with van der Waals surface area (Å²) in [6.07, 6.45) is 1.49. The number of amides is 2. The van der Waals surface area contributed by atoms with E-state index in [1.54, 1.807) is 0 Å². The molecule has 0 saturated carbocycles. The third-order valence-electron chi connectivity index (χ3n) is 4.93. The van der Waals surface area contributed by atoms with Crippen LogP contribution in [-0.2, 0) is 40.0 Å². The maximum absolute atomic E-state index is 12.4. The Kier molecular flexibility index (Phi) is 9.50. The van der Waals surface area contributed by atoms with Gasteiger partial charge in [0.2, 0.25) is 22.1 Å². The van der Waals surface area contributed by atoms with Crippen molar-refractivity contribution in [3.63, 3.8) is 0 Å². The zero-order valence-electron chi connectivity index (χ0n) is 19.3. The summed E-state index contributed by atoms with van der Waals surface area (Å²) in [5.74, 6) is 0.187. The van der Waals surface area contributed by atoms with Crippen LogP contribution in [0, 0.1) is 0 Å². The normalized spacial score (nSPS) is 11.7. The Morgan fingerprint density at radius 3 is 2.03 bits per heavy atom. The van der Waals surface area contributed by atoms with Crippen molar-refractivity contribution in [1.82, 2.24) is 20.4 Å². The first kappa shape index (κ1) is 25.9. The van der Waals surface area contributed by atoms with Crippen LogP contribution in [0.1, 0.15) is 27.6 Å². The van der Waals surface area contributed by atoms with Crippen LogP contribution < -0.4 is 10.6 Å². The third-order valence-corrected chi connectivity index (χ3v) is 7.99. The standard InChI is InChI=1S/C24H24N6O3S3/c31-19(25-23-30-28-22(35-23)16-18-9-5-2-6-10-18)11-13-36(33)14-12-21-27-29-24(34-21)26-20(32)15-17-7-3-1-4-8-17/h1-10H,11-16H2,(H,25,30,31)(H,26,29,32). The predicted molar refractivity (Wildman–Crippen MR) is 143 cm³/mol. The molecule has 186 valence electrons. The molecule has 0 aliphatic carbocycles. The summed E-state index contributed by atoms with van der Waals surface area (Å²) in [4.78, 5) is 24.4. The molecule has 4 rings (SSSR count). The molecule has 1 atom stereocenters. The number of aromatic nitrogens is 4. The number of hydrogen-bond donors (Lipinski definition) is 2. The summed E-state index contributed by atoms with van der Waals surface area (Å²) >= 11 is 1.40. The van der Waals surface area contributed by atoms with Gasteiger partial charge in [-0.2, -0.15) is 0 Å². The van der Waals surface area contributed by atoms with E-state index in [-0.39, 0.29) is 30.4 Å². The zero-order chi connectivity index (χ0) is 25.2. The summed E-state index contributed by atoms with van der Waals surface area (Å²) in [5, 5.41) is 24.0. The van der Waals surface area contributed by atoms with E-state index in [9.17, 15) is 14.1 Å². The molecule has 2 heterocycles. The largest absolute Gasteiger partial charge is 0.616 e. The van der Waals surface area contributed by atoms with Gasteiger partial charge in [0, 0.05) is 12.8 Å². The lowest BCUT2D eigenvalue weighted by molar-refractivity contribution is -0.116. The summed E-state index contributed by atoms with van der Waals surface area (Å²) in [5.41, 5.74) is 2.04. The van der Waals surface area contributed by atoms with Gasteiger partial charge in [-0.15, -0.1) is 20.4 Å². The maximum atomic E-state index is 12.4. The first-order valence-corrected chi connectivity index (χ1v) is 14.3. The molecule has 2 amide bonds. The van der Waals surface area contributed by atoms with Gasteiger partial charge in [0.15, 0.2) is 0 Å². The van der Waals surface area contributed by atoms with Crippen LogP contribution in [0.5, 0.6) is 0 Å². The van der Waals surface area contributed by atoms with E-state index >= 15 is 0 Å². The van der Waals surface area contributed by atoms with E-state index in [4.69, 9.17) is 0 Å². The van der Waals surface area contributed by atoms with Gasteiger partial charge in [-0.05, 0) is 11.1 Å². The molecule has 4 aromatic rings. The minimum atomic E-state index is -1.19. The maximum Gasteiger partial charge on any atom is 0.230 e. The average Bonchev–Trinajstić information content (AvgIpc) is 3.51. The molecule has 0 bridgehead atoms. The monoisotopic (exact) mass is 540 g/mol. The second kappa shape index (κ2) is 13.2. The Morgan fingerprint density at radius 2 is 1.33 bits per heavy atom. The number of benzene rings is 2. The molecule has 0 spiro atoms. The van der Waals surface area contributed by atoms with Gasteiger partial charge in [-0.1, -0.05) is 94.5 Å². The molecule has 36 heavy (non-hydrogen) atoms. The van der Waals surface area contributed by atoms with Gasteiger partial charge in [-0.3, -0.25) is 9.59 Å². The minimum absolute atomic E-state index is 0.122. The smallest absolute Gasteiger partial charge is 0.230 e. The lowest BCUT2D eigenvalue weighted by atomic mass is 10.1. The van der Waals surface area contributed by atoms with Crippen LogP contribution in [0.3, 0.4) is 0 Å². The highest BCUT2D eigenvalue weighted by Gasteiger charge is 2.15. The molecule has 9 nitrogen and oxygen atoms in total. The molecule has 1 unspecified atom stereocenters. The number of rotatable bonds is 12. The number of nitrogens with one attached hydrogen (secondary N) is 2. The van der Waals surface area contributed by atoms with Gasteiger partial charge in [0.05, 0.1) is 12.8 Å². The molecule has 2 N–H and O–H groups in total. The second-order valence-corrected chi connectivity index (χ2v) is 11.6. The van der Waals surface area contributed by atoms with Gasteiger partial charge < -0.3 is 15.2 Å². The fourth-order valence-electron chi connectivity index (χ4n) is 3.19. The number of aryl methyl sites for hydroxylation is 1. The first-order valence-electron chi connectivity index (χ1n) is 11.2. The van der Waals surface area contributed by atoms with Crippen LogP contribution in [0.4, 0.5) is 10.3 Å². The van der Waals surface area contributed by atoms with E-state index in [0.717, 1.165) is 16.1 Å². The van der Waals surface area contributed by atoms with Crippen LogP contribution in [-0.4, -0.2) is 48.3 Å². The number of hydrogen-bond acceptors (Lipinski definition) is 9. The first-order chi connectivity index (χ1) is 17.5. The van der Waals surface area contributed by atoms with Crippen molar-refractivity contribution in [2.24, 2.45) is 0 Å². The minimum Gasteiger partial charge on any atom is -0.616 e. The van der Waals surface area contributed by atoms with Gasteiger partial charge >= 0.3 is 0 Å². The average molecular weight is 541 g/mol. The Balaban J connectivity index is 1.14. The molecular weight excluding hydrogens is 517 g/mol. The summed E-state index contributed by atoms with van der Waals surface area (Å²) in [6, 6.07) is 19.4. The third kappa shape index (κ3) is 8.48. The fourth-order valence-corrected chi connectivity index (χ4v) is 5.90.